The molecule has 4 rings (SSSR count). The quantitative estimate of drug-likeness (QED) is 0.889. The summed E-state index contributed by atoms with van der Waals surface area (Å²) in [6.45, 7) is 4.58. The molecule has 2 saturated heterocycles. The average Bonchev–Trinajstić information content (AvgIpc) is 3.05. The molecule has 2 aliphatic rings. The molecule has 2 aromatic rings. The number of imidazole rings is 1. The van der Waals surface area contributed by atoms with Crippen molar-refractivity contribution in [3.05, 3.63) is 29.6 Å². The molecule has 2 fully saturated rings. The number of hydrogen-bond donors (Lipinski definition) is 1. The van der Waals surface area contributed by atoms with E-state index in [2.05, 4.69) is 24.0 Å². The van der Waals surface area contributed by atoms with Crippen molar-refractivity contribution in [2.24, 2.45) is 5.92 Å². The van der Waals surface area contributed by atoms with Gasteiger partial charge in [-0.05, 0) is 56.2 Å². The van der Waals surface area contributed by atoms with Gasteiger partial charge in [-0.15, -0.1) is 0 Å². The number of nitrogens with zero attached hydrogens (tertiary/aromatic N) is 2. The first-order valence-corrected chi connectivity index (χ1v) is 11.1. The zero-order chi connectivity index (χ0) is 18.1. The van der Waals surface area contributed by atoms with Crippen molar-refractivity contribution in [3.63, 3.8) is 0 Å². The highest BCUT2D eigenvalue weighted by atomic mass is 32.2. The predicted molar refractivity (Wildman–Crippen MR) is 102 cm³/mol. The van der Waals surface area contributed by atoms with E-state index in [9.17, 15) is 8.42 Å². The summed E-state index contributed by atoms with van der Waals surface area (Å²) in [5, 5.41) is 0. The van der Waals surface area contributed by atoms with Gasteiger partial charge in [-0.3, -0.25) is 0 Å². The molecule has 26 heavy (non-hydrogen) atoms. The number of nitrogens with one attached hydrogen (secondary N) is 1. The lowest BCUT2D eigenvalue weighted by Crippen LogP contribution is -2.42. The number of sulfonamides is 1. The molecule has 3 heterocycles. The number of hydrogen-bond acceptors (Lipinski definition) is 4. The van der Waals surface area contributed by atoms with Crippen molar-refractivity contribution < 1.29 is 13.2 Å². The summed E-state index contributed by atoms with van der Waals surface area (Å²) in [6.07, 6.45) is 3.55. The summed E-state index contributed by atoms with van der Waals surface area (Å²) in [7, 11) is -3.22. The molecule has 2 aliphatic heterocycles. The Labute approximate surface area is 155 Å². The Balaban J connectivity index is 1.49. The van der Waals surface area contributed by atoms with Crippen LogP contribution in [0.2, 0.25) is 0 Å². The van der Waals surface area contributed by atoms with E-state index < -0.39 is 10.0 Å². The number of piperidine rings is 1. The highest BCUT2D eigenvalue weighted by Crippen LogP contribution is 2.29. The molecule has 0 spiro atoms. The van der Waals surface area contributed by atoms with Crippen molar-refractivity contribution in [2.75, 3.05) is 32.1 Å². The molecule has 142 valence electrons. The summed E-state index contributed by atoms with van der Waals surface area (Å²) in [5.74, 6) is 1.53. The Morgan fingerprint density at radius 3 is 2.88 bits per heavy atom. The fourth-order valence-corrected chi connectivity index (χ4v) is 6.03. The van der Waals surface area contributed by atoms with E-state index in [1.165, 1.54) is 5.56 Å². The number of fused-ring (bicyclic) bond motifs is 1. The molecule has 0 bridgehead atoms. The zero-order valence-electron chi connectivity index (χ0n) is 15.3. The van der Waals surface area contributed by atoms with Gasteiger partial charge in [-0.25, -0.2) is 17.7 Å². The van der Waals surface area contributed by atoms with Crippen LogP contribution < -0.4 is 0 Å². The van der Waals surface area contributed by atoms with Crippen molar-refractivity contribution >= 4 is 21.1 Å². The Bertz CT molecular complexity index is 871. The SMILES string of the molecule is Cc1ccc2nc([C@H]3CCCN(S(=O)(=O)CC4CCOCC4)C3)[nH]c2c1. The first kappa shape index (κ1) is 17.9. The van der Waals surface area contributed by atoms with E-state index in [0.717, 1.165) is 42.5 Å². The molecule has 0 amide bonds. The fourth-order valence-electron chi connectivity index (χ4n) is 4.07. The molecular weight excluding hydrogens is 350 g/mol. The summed E-state index contributed by atoms with van der Waals surface area (Å²) < 4.78 is 32.8. The van der Waals surface area contributed by atoms with Crippen LogP contribution >= 0.6 is 0 Å². The highest BCUT2D eigenvalue weighted by molar-refractivity contribution is 7.89. The van der Waals surface area contributed by atoms with E-state index in [4.69, 9.17) is 9.72 Å². The third-order valence-corrected chi connectivity index (χ3v) is 7.62. The lowest BCUT2D eigenvalue weighted by atomic mass is 9.99. The third-order valence-electron chi connectivity index (χ3n) is 5.61. The summed E-state index contributed by atoms with van der Waals surface area (Å²) in [4.78, 5) is 8.13. The van der Waals surface area contributed by atoms with Crippen LogP contribution in [0.25, 0.3) is 11.0 Å². The van der Waals surface area contributed by atoms with Gasteiger partial charge in [-0.2, -0.15) is 0 Å². The monoisotopic (exact) mass is 377 g/mol. The van der Waals surface area contributed by atoms with Gasteiger partial charge in [0, 0.05) is 32.2 Å². The van der Waals surface area contributed by atoms with Gasteiger partial charge in [0.25, 0.3) is 0 Å². The Morgan fingerprint density at radius 1 is 1.27 bits per heavy atom. The molecule has 7 heteroatoms. The van der Waals surface area contributed by atoms with Gasteiger partial charge < -0.3 is 9.72 Å². The number of aromatic amines is 1. The number of rotatable bonds is 4. The van der Waals surface area contributed by atoms with Crippen LogP contribution in [-0.4, -0.2) is 54.7 Å². The van der Waals surface area contributed by atoms with Gasteiger partial charge in [-0.1, -0.05) is 6.07 Å². The second-order valence-corrected chi connectivity index (χ2v) is 9.69. The third kappa shape index (κ3) is 3.80. The summed E-state index contributed by atoms with van der Waals surface area (Å²) in [6, 6.07) is 6.17. The van der Waals surface area contributed by atoms with Crippen molar-refractivity contribution in [3.8, 4) is 0 Å². The Kier molecular flexibility index (Phi) is 5.03. The smallest absolute Gasteiger partial charge is 0.214 e. The zero-order valence-corrected chi connectivity index (χ0v) is 16.1. The Hall–Kier alpha value is -1.44. The van der Waals surface area contributed by atoms with E-state index in [1.807, 2.05) is 6.07 Å². The molecule has 0 radical (unpaired) electrons. The molecular formula is C19H27N3O3S. The first-order valence-electron chi connectivity index (χ1n) is 9.53. The van der Waals surface area contributed by atoms with Gasteiger partial charge in [0.15, 0.2) is 0 Å². The van der Waals surface area contributed by atoms with Gasteiger partial charge in [0.05, 0.1) is 16.8 Å². The number of H-pyrrole nitrogens is 1. The fraction of sp³-hybridized carbons (Fsp3) is 0.632. The molecule has 0 aliphatic carbocycles. The maximum Gasteiger partial charge on any atom is 0.214 e. The summed E-state index contributed by atoms with van der Waals surface area (Å²) >= 11 is 0. The predicted octanol–water partition coefficient (Wildman–Crippen LogP) is 2.81. The minimum Gasteiger partial charge on any atom is -0.381 e. The molecule has 1 N–H and O–H groups in total. The van der Waals surface area contributed by atoms with Crippen molar-refractivity contribution in [1.29, 1.82) is 0 Å². The highest BCUT2D eigenvalue weighted by Gasteiger charge is 2.33. The number of aromatic nitrogens is 2. The van der Waals surface area contributed by atoms with Crippen LogP contribution in [0.5, 0.6) is 0 Å². The van der Waals surface area contributed by atoms with E-state index in [-0.39, 0.29) is 17.6 Å². The van der Waals surface area contributed by atoms with Gasteiger partial charge >= 0.3 is 0 Å². The number of aryl methyl sites for hydroxylation is 1. The van der Waals surface area contributed by atoms with Crippen LogP contribution in [0.1, 0.15) is 43.0 Å². The van der Waals surface area contributed by atoms with Crippen LogP contribution in [0, 0.1) is 12.8 Å². The van der Waals surface area contributed by atoms with Gasteiger partial charge in [0.1, 0.15) is 5.82 Å². The molecule has 1 atom stereocenters. The molecule has 1 aromatic heterocycles. The second-order valence-electron chi connectivity index (χ2n) is 7.67. The van der Waals surface area contributed by atoms with E-state index >= 15 is 0 Å². The van der Waals surface area contributed by atoms with Crippen LogP contribution in [-0.2, 0) is 14.8 Å². The largest absolute Gasteiger partial charge is 0.381 e. The van der Waals surface area contributed by atoms with Crippen LogP contribution in [0.4, 0.5) is 0 Å². The van der Waals surface area contributed by atoms with E-state index in [0.29, 0.717) is 26.3 Å². The van der Waals surface area contributed by atoms with Crippen molar-refractivity contribution in [2.45, 2.75) is 38.5 Å². The molecule has 0 unspecified atom stereocenters. The lowest BCUT2D eigenvalue weighted by Gasteiger charge is -2.32. The normalized spacial score (nSPS) is 23.5. The van der Waals surface area contributed by atoms with Crippen LogP contribution in [0.3, 0.4) is 0 Å². The maximum atomic E-state index is 12.9. The van der Waals surface area contributed by atoms with E-state index in [1.54, 1.807) is 4.31 Å². The number of benzene rings is 1. The maximum absolute atomic E-state index is 12.9. The van der Waals surface area contributed by atoms with Gasteiger partial charge in [0.2, 0.25) is 10.0 Å². The van der Waals surface area contributed by atoms with Crippen molar-refractivity contribution in [1.82, 2.24) is 14.3 Å². The molecule has 1 aromatic carbocycles. The average molecular weight is 378 g/mol. The second kappa shape index (κ2) is 7.29. The molecule has 0 saturated carbocycles. The first-order chi connectivity index (χ1) is 12.5. The summed E-state index contributed by atoms with van der Waals surface area (Å²) in [5.41, 5.74) is 3.17. The van der Waals surface area contributed by atoms with Crippen LogP contribution in [0.15, 0.2) is 18.2 Å². The molecule has 6 nitrogen and oxygen atoms in total. The Morgan fingerprint density at radius 2 is 2.08 bits per heavy atom. The number of ether oxygens (including phenoxy) is 1. The standard InChI is InChI=1S/C19H27N3O3S/c1-14-4-5-17-18(11-14)21-19(20-17)16-3-2-8-22(12-16)26(23,24)13-15-6-9-25-10-7-15/h4-5,11,15-16H,2-3,6-10,12-13H2,1H3,(H,20,21)/t16-/m0/s1. The topological polar surface area (TPSA) is 75.3 Å². The lowest BCUT2D eigenvalue weighted by molar-refractivity contribution is 0.0720. The minimum absolute atomic E-state index is 0.140. The minimum atomic E-state index is -3.22.